The summed E-state index contributed by atoms with van der Waals surface area (Å²) in [6, 6.07) is 6.81. The molecule has 6 nitrogen and oxygen atoms in total. The van der Waals surface area contributed by atoms with Gasteiger partial charge in [0.15, 0.2) is 11.6 Å². The molecule has 1 atom stereocenters. The van der Waals surface area contributed by atoms with Crippen LogP contribution in [-0.4, -0.2) is 17.4 Å². The minimum Gasteiger partial charge on any atom is -0.319 e. The first kappa shape index (κ1) is 18.8. The van der Waals surface area contributed by atoms with E-state index in [2.05, 4.69) is 10.6 Å². The van der Waals surface area contributed by atoms with E-state index in [0.717, 1.165) is 12.1 Å². The number of carbonyl (C=O) groups excluding carboxylic acids is 1. The Morgan fingerprint density at radius 3 is 2.60 bits per heavy atom. The third kappa shape index (κ3) is 4.94. The first-order valence-electron chi connectivity index (χ1n) is 7.20. The SMILES string of the molecule is C[C@@H](NCC(=O)Nc1cc(Cl)ccc1[N+](=O)[O-])c1ccc(F)c(F)c1. The third-order valence-corrected chi connectivity index (χ3v) is 3.68. The van der Waals surface area contributed by atoms with E-state index in [0.29, 0.717) is 5.56 Å². The van der Waals surface area contributed by atoms with Crippen LogP contribution in [0.4, 0.5) is 20.2 Å². The lowest BCUT2D eigenvalue weighted by Crippen LogP contribution is -2.30. The highest BCUT2D eigenvalue weighted by atomic mass is 35.5. The topological polar surface area (TPSA) is 84.3 Å². The Kier molecular flexibility index (Phi) is 6.00. The minimum atomic E-state index is -0.981. The van der Waals surface area contributed by atoms with Gasteiger partial charge >= 0.3 is 0 Å². The van der Waals surface area contributed by atoms with Gasteiger partial charge in [-0.05, 0) is 36.8 Å². The monoisotopic (exact) mass is 369 g/mol. The molecule has 25 heavy (non-hydrogen) atoms. The number of nitro groups is 1. The van der Waals surface area contributed by atoms with Crippen LogP contribution < -0.4 is 10.6 Å². The lowest BCUT2D eigenvalue weighted by Gasteiger charge is -2.14. The zero-order valence-electron chi connectivity index (χ0n) is 13.1. The van der Waals surface area contributed by atoms with Gasteiger partial charge in [-0.15, -0.1) is 0 Å². The molecule has 0 aliphatic carbocycles. The Morgan fingerprint density at radius 2 is 1.96 bits per heavy atom. The van der Waals surface area contributed by atoms with Gasteiger partial charge in [0.25, 0.3) is 5.69 Å². The van der Waals surface area contributed by atoms with Crippen LogP contribution in [0, 0.1) is 21.7 Å². The molecule has 0 heterocycles. The van der Waals surface area contributed by atoms with Crippen molar-refractivity contribution in [2.45, 2.75) is 13.0 Å². The van der Waals surface area contributed by atoms with Crippen LogP contribution >= 0.6 is 11.6 Å². The molecule has 0 aliphatic heterocycles. The lowest BCUT2D eigenvalue weighted by atomic mass is 10.1. The highest BCUT2D eigenvalue weighted by molar-refractivity contribution is 6.31. The van der Waals surface area contributed by atoms with E-state index in [1.807, 2.05) is 0 Å². The lowest BCUT2D eigenvalue weighted by molar-refractivity contribution is -0.383. The molecule has 2 aromatic rings. The van der Waals surface area contributed by atoms with Gasteiger partial charge in [-0.25, -0.2) is 8.78 Å². The van der Waals surface area contributed by atoms with E-state index in [1.54, 1.807) is 6.92 Å². The van der Waals surface area contributed by atoms with Crippen molar-refractivity contribution in [2.75, 3.05) is 11.9 Å². The summed E-state index contributed by atoms with van der Waals surface area (Å²) in [6.45, 7) is 1.48. The number of nitrogens with one attached hydrogen (secondary N) is 2. The molecule has 0 spiro atoms. The van der Waals surface area contributed by atoms with E-state index in [1.165, 1.54) is 24.3 Å². The molecule has 0 aliphatic rings. The second-order valence-corrected chi connectivity index (χ2v) is 5.68. The number of halogens is 3. The molecule has 0 saturated carbocycles. The second-order valence-electron chi connectivity index (χ2n) is 5.24. The minimum absolute atomic E-state index is 0.0234. The Hall–Kier alpha value is -2.58. The van der Waals surface area contributed by atoms with E-state index in [4.69, 9.17) is 11.6 Å². The molecule has 2 rings (SSSR count). The number of hydrogen-bond donors (Lipinski definition) is 2. The maximum absolute atomic E-state index is 13.2. The van der Waals surface area contributed by atoms with Crippen molar-refractivity contribution in [1.82, 2.24) is 5.32 Å². The maximum Gasteiger partial charge on any atom is 0.292 e. The number of carbonyl (C=O) groups is 1. The van der Waals surface area contributed by atoms with E-state index in [9.17, 15) is 23.7 Å². The first-order chi connectivity index (χ1) is 11.8. The number of anilines is 1. The molecule has 0 bridgehead atoms. The van der Waals surface area contributed by atoms with Crippen LogP contribution in [0.1, 0.15) is 18.5 Å². The number of amides is 1. The number of nitro benzene ring substituents is 1. The second kappa shape index (κ2) is 8.00. The number of nitrogens with zero attached hydrogens (tertiary/aromatic N) is 1. The molecule has 0 radical (unpaired) electrons. The predicted molar refractivity (Wildman–Crippen MR) is 89.5 cm³/mol. The van der Waals surface area contributed by atoms with Crippen LogP contribution in [0.3, 0.4) is 0 Å². The molecule has 1 amide bonds. The molecule has 9 heteroatoms. The zero-order valence-corrected chi connectivity index (χ0v) is 13.8. The standard InChI is InChI=1S/C16H14ClF2N3O3/c1-9(10-2-4-12(18)13(19)6-10)20-8-16(23)21-14-7-11(17)3-5-15(14)22(24)25/h2-7,9,20H,8H2,1H3,(H,21,23)/t9-/m1/s1. The smallest absolute Gasteiger partial charge is 0.292 e. The van der Waals surface area contributed by atoms with Crippen LogP contribution in [0.25, 0.3) is 0 Å². The highest BCUT2D eigenvalue weighted by Crippen LogP contribution is 2.27. The van der Waals surface area contributed by atoms with Gasteiger partial charge < -0.3 is 10.6 Å². The van der Waals surface area contributed by atoms with Crippen molar-refractivity contribution in [3.8, 4) is 0 Å². The van der Waals surface area contributed by atoms with Gasteiger partial charge in [-0.1, -0.05) is 17.7 Å². The van der Waals surface area contributed by atoms with Gasteiger partial charge in [-0.3, -0.25) is 14.9 Å². The molecule has 0 aromatic heterocycles. The fraction of sp³-hybridized carbons (Fsp3) is 0.188. The molecular weight excluding hydrogens is 356 g/mol. The Morgan fingerprint density at radius 1 is 1.24 bits per heavy atom. The fourth-order valence-corrected chi connectivity index (χ4v) is 2.28. The average Bonchev–Trinajstić information content (AvgIpc) is 2.55. The Labute approximate surface area is 146 Å². The summed E-state index contributed by atoms with van der Waals surface area (Å²) in [7, 11) is 0. The summed E-state index contributed by atoms with van der Waals surface area (Å²) < 4.78 is 26.2. The number of hydrogen-bond acceptors (Lipinski definition) is 4. The third-order valence-electron chi connectivity index (χ3n) is 3.44. The van der Waals surface area contributed by atoms with Crippen molar-refractivity contribution in [3.05, 3.63) is 68.7 Å². The van der Waals surface area contributed by atoms with Crippen molar-refractivity contribution >= 4 is 28.9 Å². The quantitative estimate of drug-likeness (QED) is 0.599. The molecule has 2 N–H and O–H groups in total. The molecule has 0 saturated heterocycles. The summed E-state index contributed by atoms with van der Waals surface area (Å²) in [5.41, 5.74) is 0.150. The van der Waals surface area contributed by atoms with Crippen LogP contribution in [0.2, 0.25) is 5.02 Å². The summed E-state index contributed by atoms with van der Waals surface area (Å²) >= 11 is 5.78. The summed E-state index contributed by atoms with van der Waals surface area (Å²) in [4.78, 5) is 22.3. The molecular formula is C16H14ClF2N3O3. The molecule has 2 aromatic carbocycles. The van der Waals surface area contributed by atoms with Crippen molar-refractivity contribution < 1.29 is 18.5 Å². The summed E-state index contributed by atoms with van der Waals surface area (Å²) in [6.07, 6.45) is 0. The highest BCUT2D eigenvalue weighted by Gasteiger charge is 2.17. The normalized spacial score (nSPS) is 11.8. The average molecular weight is 370 g/mol. The number of rotatable bonds is 6. The molecule has 132 valence electrons. The van der Waals surface area contributed by atoms with Gasteiger partial charge in [0, 0.05) is 17.1 Å². The predicted octanol–water partition coefficient (Wildman–Crippen LogP) is 3.82. The molecule has 0 fully saturated rings. The van der Waals surface area contributed by atoms with Crippen molar-refractivity contribution in [2.24, 2.45) is 0 Å². The maximum atomic E-state index is 13.2. The van der Waals surface area contributed by atoms with Crippen molar-refractivity contribution in [3.63, 3.8) is 0 Å². The van der Waals surface area contributed by atoms with E-state index < -0.39 is 28.5 Å². The van der Waals surface area contributed by atoms with Crippen LogP contribution in [0.15, 0.2) is 36.4 Å². The summed E-state index contributed by atoms with van der Waals surface area (Å²) in [5.74, 6) is -2.48. The fourth-order valence-electron chi connectivity index (χ4n) is 2.11. The molecule has 0 unspecified atom stereocenters. The van der Waals surface area contributed by atoms with E-state index in [-0.39, 0.29) is 22.9 Å². The van der Waals surface area contributed by atoms with E-state index >= 15 is 0 Å². The van der Waals surface area contributed by atoms with Crippen LogP contribution in [-0.2, 0) is 4.79 Å². The first-order valence-corrected chi connectivity index (χ1v) is 7.58. The zero-order chi connectivity index (χ0) is 18.6. The Balaban J connectivity index is 2.00. The Bertz CT molecular complexity index is 817. The van der Waals surface area contributed by atoms with Gasteiger partial charge in [0.2, 0.25) is 5.91 Å². The largest absolute Gasteiger partial charge is 0.319 e. The van der Waals surface area contributed by atoms with Crippen LogP contribution in [0.5, 0.6) is 0 Å². The number of benzene rings is 2. The summed E-state index contributed by atoms with van der Waals surface area (Å²) in [5, 5.41) is 16.4. The van der Waals surface area contributed by atoms with Gasteiger partial charge in [0.05, 0.1) is 11.5 Å². The van der Waals surface area contributed by atoms with Crippen molar-refractivity contribution in [1.29, 1.82) is 0 Å². The van der Waals surface area contributed by atoms with Gasteiger partial charge in [-0.2, -0.15) is 0 Å². The van der Waals surface area contributed by atoms with Gasteiger partial charge in [0.1, 0.15) is 5.69 Å².